The number of hydrogen-bond acceptors (Lipinski definition) is 0. The standard InChI is InChI=1S/C16H14.CH4/c1-13-3-7-15(8-4-13)11-12-16-9-5-14(2)6-10-16;/h3-10H,1-2H3;1H4. The molecule has 0 unspecified atom stereocenters. The van der Waals surface area contributed by atoms with Gasteiger partial charge in [0.25, 0.3) is 0 Å². The summed E-state index contributed by atoms with van der Waals surface area (Å²) in [6, 6.07) is 16.5. The third kappa shape index (κ3) is 3.81. The van der Waals surface area contributed by atoms with E-state index in [0.717, 1.165) is 11.1 Å². The molecule has 0 aliphatic heterocycles. The topological polar surface area (TPSA) is 0 Å². The Morgan fingerprint density at radius 1 is 0.588 bits per heavy atom. The van der Waals surface area contributed by atoms with E-state index in [2.05, 4.69) is 74.2 Å². The summed E-state index contributed by atoms with van der Waals surface area (Å²) in [5.41, 5.74) is 4.65. The zero-order valence-corrected chi connectivity index (χ0v) is 9.62. The molecular weight excluding hydrogens is 204 g/mol. The summed E-state index contributed by atoms with van der Waals surface area (Å²) in [4.78, 5) is 0. The van der Waals surface area contributed by atoms with Crippen molar-refractivity contribution in [1.29, 1.82) is 0 Å². The van der Waals surface area contributed by atoms with Crippen molar-refractivity contribution in [3.05, 3.63) is 70.8 Å². The first-order chi connectivity index (χ1) is 7.74. The fourth-order valence-corrected chi connectivity index (χ4v) is 1.42. The second-order valence-corrected chi connectivity index (χ2v) is 3.98. The van der Waals surface area contributed by atoms with Crippen LogP contribution in [0.1, 0.15) is 29.7 Å². The SMILES string of the molecule is C.Cc1ccc(C#Cc2ccc(C)cc2)cc1. The van der Waals surface area contributed by atoms with E-state index in [1.165, 1.54) is 11.1 Å². The summed E-state index contributed by atoms with van der Waals surface area (Å²) < 4.78 is 0. The second-order valence-electron chi connectivity index (χ2n) is 3.98. The first-order valence-electron chi connectivity index (χ1n) is 5.39. The van der Waals surface area contributed by atoms with Crippen molar-refractivity contribution in [3.63, 3.8) is 0 Å². The van der Waals surface area contributed by atoms with Gasteiger partial charge in [-0.2, -0.15) is 0 Å². The van der Waals surface area contributed by atoms with Gasteiger partial charge >= 0.3 is 0 Å². The van der Waals surface area contributed by atoms with Gasteiger partial charge in [0.1, 0.15) is 0 Å². The zero-order chi connectivity index (χ0) is 11.4. The van der Waals surface area contributed by atoms with Gasteiger partial charge in [-0.15, -0.1) is 0 Å². The Morgan fingerprint density at radius 3 is 1.18 bits per heavy atom. The Morgan fingerprint density at radius 2 is 0.882 bits per heavy atom. The van der Waals surface area contributed by atoms with E-state index in [4.69, 9.17) is 0 Å². The first-order valence-corrected chi connectivity index (χ1v) is 5.39. The predicted molar refractivity (Wildman–Crippen MR) is 75.1 cm³/mol. The third-order valence-corrected chi connectivity index (χ3v) is 2.45. The smallest absolute Gasteiger partial charge is 0.0249 e. The van der Waals surface area contributed by atoms with Crippen LogP contribution < -0.4 is 0 Å². The molecule has 0 nitrogen and oxygen atoms in total. The zero-order valence-electron chi connectivity index (χ0n) is 9.62. The first kappa shape index (κ1) is 13.1. The maximum atomic E-state index is 3.16. The average molecular weight is 222 g/mol. The van der Waals surface area contributed by atoms with Crippen LogP contribution in [0.3, 0.4) is 0 Å². The summed E-state index contributed by atoms with van der Waals surface area (Å²) in [7, 11) is 0. The Balaban J connectivity index is 0.00000144. The Hall–Kier alpha value is -2.00. The van der Waals surface area contributed by atoms with Crippen molar-refractivity contribution in [2.75, 3.05) is 0 Å². The van der Waals surface area contributed by atoms with E-state index in [1.54, 1.807) is 0 Å². The van der Waals surface area contributed by atoms with Crippen molar-refractivity contribution < 1.29 is 0 Å². The quantitative estimate of drug-likeness (QED) is 0.582. The molecule has 86 valence electrons. The maximum absolute atomic E-state index is 3.16. The molecule has 0 atom stereocenters. The lowest BCUT2D eigenvalue weighted by atomic mass is 10.1. The van der Waals surface area contributed by atoms with Crippen LogP contribution in [-0.2, 0) is 0 Å². The minimum atomic E-state index is 0. The number of hydrogen-bond donors (Lipinski definition) is 0. The number of rotatable bonds is 0. The number of aryl methyl sites for hydroxylation is 2. The third-order valence-electron chi connectivity index (χ3n) is 2.45. The number of benzene rings is 2. The van der Waals surface area contributed by atoms with Gasteiger partial charge in [0.2, 0.25) is 0 Å². The Kier molecular flexibility index (Phi) is 4.55. The molecule has 0 saturated heterocycles. The van der Waals surface area contributed by atoms with Crippen LogP contribution >= 0.6 is 0 Å². The van der Waals surface area contributed by atoms with Gasteiger partial charge in [0.05, 0.1) is 0 Å². The van der Waals surface area contributed by atoms with Crippen LogP contribution in [0.4, 0.5) is 0 Å². The summed E-state index contributed by atoms with van der Waals surface area (Å²) in [6.07, 6.45) is 0. The Labute approximate surface area is 104 Å². The molecule has 0 aromatic heterocycles. The minimum absolute atomic E-state index is 0. The lowest BCUT2D eigenvalue weighted by Gasteiger charge is -1.93. The highest BCUT2D eigenvalue weighted by Crippen LogP contribution is 2.03. The monoisotopic (exact) mass is 222 g/mol. The van der Waals surface area contributed by atoms with Crippen LogP contribution in [0.5, 0.6) is 0 Å². The molecule has 0 heterocycles. The van der Waals surface area contributed by atoms with Gasteiger partial charge in [0, 0.05) is 11.1 Å². The van der Waals surface area contributed by atoms with Crippen LogP contribution in [-0.4, -0.2) is 0 Å². The van der Waals surface area contributed by atoms with E-state index in [9.17, 15) is 0 Å². The molecule has 2 aromatic rings. The molecule has 2 aromatic carbocycles. The highest BCUT2D eigenvalue weighted by atomic mass is 13.9. The molecule has 17 heavy (non-hydrogen) atoms. The molecule has 0 N–H and O–H groups in total. The lowest BCUT2D eigenvalue weighted by Crippen LogP contribution is -1.77. The van der Waals surface area contributed by atoms with E-state index in [1.807, 2.05) is 0 Å². The molecule has 0 heteroatoms. The fraction of sp³-hybridized carbons (Fsp3) is 0.176. The van der Waals surface area contributed by atoms with Crippen molar-refractivity contribution >= 4 is 0 Å². The Bertz CT molecular complexity index is 469. The molecule has 0 aliphatic rings. The van der Waals surface area contributed by atoms with Crippen LogP contribution in [0.15, 0.2) is 48.5 Å². The van der Waals surface area contributed by atoms with Gasteiger partial charge in [-0.05, 0) is 38.1 Å². The van der Waals surface area contributed by atoms with Crippen molar-refractivity contribution in [3.8, 4) is 11.8 Å². The van der Waals surface area contributed by atoms with Crippen molar-refractivity contribution in [2.24, 2.45) is 0 Å². The molecule has 0 spiro atoms. The van der Waals surface area contributed by atoms with Gasteiger partial charge in [0.15, 0.2) is 0 Å². The van der Waals surface area contributed by atoms with Gasteiger partial charge in [-0.1, -0.05) is 54.7 Å². The van der Waals surface area contributed by atoms with Crippen LogP contribution in [0.2, 0.25) is 0 Å². The fourth-order valence-electron chi connectivity index (χ4n) is 1.42. The summed E-state index contributed by atoms with van der Waals surface area (Å²) >= 11 is 0. The van der Waals surface area contributed by atoms with E-state index in [-0.39, 0.29) is 7.43 Å². The molecule has 0 aliphatic carbocycles. The van der Waals surface area contributed by atoms with Crippen LogP contribution in [0, 0.1) is 25.7 Å². The molecule has 2 rings (SSSR count). The molecule has 0 bridgehead atoms. The normalized spacial score (nSPS) is 8.82. The molecule has 0 saturated carbocycles. The molecule has 0 amide bonds. The second kappa shape index (κ2) is 5.92. The highest BCUT2D eigenvalue weighted by molar-refractivity contribution is 5.43. The van der Waals surface area contributed by atoms with E-state index in [0.29, 0.717) is 0 Å². The predicted octanol–water partition coefficient (Wildman–Crippen LogP) is 4.34. The van der Waals surface area contributed by atoms with Crippen LogP contribution in [0.25, 0.3) is 0 Å². The average Bonchev–Trinajstić information content (AvgIpc) is 2.30. The van der Waals surface area contributed by atoms with E-state index >= 15 is 0 Å². The molecule has 0 fully saturated rings. The van der Waals surface area contributed by atoms with Gasteiger partial charge in [-0.3, -0.25) is 0 Å². The summed E-state index contributed by atoms with van der Waals surface area (Å²) in [5.74, 6) is 6.32. The van der Waals surface area contributed by atoms with Gasteiger partial charge < -0.3 is 0 Å². The summed E-state index contributed by atoms with van der Waals surface area (Å²) in [5, 5.41) is 0. The van der Waals surface area contributed by atoms with E-state index < -0.39 is 0 Å². The maximum Gasteiger partial charge on any atom is 0.0249 e. The molecule has 0 radical (unpaired) electrons. The molecular formula is C17H18. The lowest BCUT2D eigenvalue weighted by molar-refractivity contribution is 1.45. The van der Waals surface area contributed by atoms with Crippen molar-refractivity contribution in [2.45, 2.75) is 21.3 Å². The summed E-state index contributed by atoms with van der Waals surface area (Å²) in [6.45, 7) is 4.16. The van der Waals surface area contributed by atoms with Crippen molar-refractivity contribution in [1.82, 2.24) is 0 Å². The minimum Gasteiger partial charge on any atom is -0.0776 e. The largest absolute Gasteiger partial charge is 0.0776 e. The van der Waals surface area contributed by atoms with Gasteiger partial charge in [-0.25, -0.2) is 0 Å². The highest BCUT2D eigenvalue weighted by Gasteiger charge is 1.88.